The topological polar surface area (TPSA) is 39.2 Å². The third-order valence-corrected chi connectivity index (χ3v) is 2.68. The first-order chi connectivity index (χ1) is 7.99. The summed E-state index contributed by atoms with van der Waals surface area (Å²) in [6.07, 6.45) is -3.19. The van der Waals surface area contributed by atoms with E-state index in [9.17, 15) is 18.0 Å². The van der Waals surface area contributed by atoms with Crippen molar-refractivity contribution in [1.29, 1.82) is 0 Å². The fraction of sp³-hybridized carbons (Fsp3) is 0.400. The summed E-state index contributed by atoms with van der Waals surface area (Å²) in [5, 5.41) is 0.105. The Hall–Kier alpha value is -1.11. The van der Waals surface area contributed by atoms with Crippen LogP contribution in [0.3, 0.4) is 0 Å². The van der Waals surface area contributed by atoms with Gasteiger partial charge in [-0.1, -0.05) is 15.9 Å². The van der Waals surface area contributed by atoms with Crippen molar-refractivity contribution in [2.75, 3.05) is 7.11 Å². The molecule has 0 fully saturated rings. The number of hydrogen-bond donors (Lipinski definition) is 0. The summed E-state index contributed by atoms with van der Waals surface area (Å²) in [5.74, 6) is -1.73. The van der Waals surface area contributed by atoms with Crippen LogP contribution in [0.25, 0.3) is 0 Å². The average Bonchev–Trinajstić information content (AvgIpc) is 2.30. The average molecular weight is 312 g/mol. The lowest BCUT2D eigenvalue weighted by Crippen LogP contribution is -2.10. The number of pyridine rings is 1. The highest BCUT2D eigenvalue weighted by Gasteiger charge is 2.19. The molecule has 0 aliphatic carbocycles. The number of aromatic nitrogens is 1. The van der Waals surface area contributed by atoms with E-state index < -0.39 is 24.0 Å². The molecule has 0 aromatic carbocycles. The molecule has 0 amide bonds. The third kappa shape index (κ3) is 3.42. The van der Waals surface area contributed by atoms with Gasteiger partial charge in [0.05, 0.1) is 13.5 Å². The monoisotopic (exact) mass is 311 g/mol. The van der Waals surface area contributed by atoms with Gasteiger partial charge in [-0.15, -0.1) is 0 Å². The molecular weight excluding hydrogens is 303 g/mol. The summed E-state index contributed by atoms with van der Waals surface area (Å²) < 4.78 is 42.7. The number of alkyl halides is 3. The first-order valence-corrected chi connectivity index (χ1v) is 5.70. The van der Waals surface area contributed by atoms with E-state index in [2.05, 4.69) is 25.7 Å². The van der Waals surface area contributed by atoms with Crippen molar-refractivity contribution in [3.05, 3.63) is 28.8 Å². The van der Waals surface area contributed by atoms with Crippen molar-refractivity contribution >= 4 is 21.9 Å². The van der Waals surface area contributed by atoms with Crippen molar-refractivity contribution < 1.29 is 22.7 Å². The van der Waals surface area contributed by atoms with Crippen LogP contribution in [0.4, 0.5) is 13.2 Å². The molecule has 0 unspecified atom stereocenters. The number of nitrogens with zero attached hydrogens (tertiary/aromatic N) is 1. The molecule has 1 aromatic heterocycles. The minimum Gasteiger partial charge on any atom is -0.469 e. The molecule has 0 saturated heterocycles. The minimum atomic E-state index is -2.86. The van der Waals surface area contributed by atoms with Gasteiger partial charge in [0.15, 0.2) is 0 Å². The van der Waals surface area contributed by atoms with Crippen molar-refractivity contribution in [3.8, 4) is 0 Å². The maximum absolute atomic E-state index is 13.4. The zero-order valence-electron chi connectivity index (χ0n) is 8.84. The van der Waals surface area contributed by atoms with Crippen LogP contribution < -0.4 is 0 Å². The van der Waals surface area contributed by atoms with Crippen molar-refractivity contribution in [2.45, 2.75) is 18.2 Å². The van der Waals surface area contributed by atoms with Crippen LogP contribution >= 0.6 is 15.9 Å². The van der Waals surface area contributed by atoms with E-state index in [1.54, 1.807) is 0 Å². The first kappa shape index (κ1) is 14.0. The van der Waals surface area contributed by atoms with Gasteiger partial charge in [0, 0.05) is 10.9 Å². The second-order valence-electron chi connectivity index (χ2n) is 3.17. The smallest absolute Gasteiger partial charge is 0.310 e. The number of halogens is 4. The van der Waals surface area contributed by atoms with Gasteiger partial charge in [0.2, 0.25) is 5.95 Å². The van der Waals surface area contributed by atoms with Crippen LogP contribution in [0, 0.1) is 5.95 Å². The predicted molar refractivity (Wildman–Crippen MR) is 57.5 cm³/mol. The molecule has 0 bridgehead atoms. The van der Waals surface area contributed by atoms with Crippen LogP contribution in [0.2, 0.25) is 0 Å². The van der Waals surface area contributed by atoms with E-state index in [1.807, 2.05) is 0 Å². The highest BCUT2D eigenvalue weighted by atomic mass is 79.9. The molecule has 0 aliphatic rings. The highest BCUT2D eigenvalue weighted by Crippen LogP contribution is 2.25. The van der Waals surface area contributed by atoms with Gasteiger partial charge in [0.25, 0.3) is 6.43 Å². The Kier molecular flexibility index (Phi) is 4.92. The Balaban J connectivity index is 3.13. The van der Waals surface area contributed by atoms with Crippen LogP contribution in [-0.4, -0.2) is 18.1 Å². The number of rotatable bonds is 4. The Labute approximate surface area is 104 Å². The van der Waals surface area contributed by atoms with Crippen LogP contribution in [0.15, 0.2) is 6.07 Å². The molecule has 1 rings (SSSR count). The lowest BCUT2D eigenvalue weighted by atomic mass is 10.1. The summed E-state index contributed by atoms with van der Waals surface area (Å²) in [6.45, 7) is 0. The van der Waals surface area contributed by atoms with Crippen molar-refractivity contribution in [3.63, 3.8) is 0 Å². The van der Waals surface area contributed by atoms with Gasteiger partial charge in [-0.2, -0.15) is 4.39 Å². The normalized spacial score (nSPS) is 10.7. The van der Waals surface area contributed by atoms with Gasteiger partial charge in [-0.25, -0.2) is 13.8 Å². The number of esters is 1. The highest BCUT2D eigenvalue weighted by molar-refractivity contribution is 9.08. The molecule has 94 valence electrons. The maximum atomic E-state index is 13.4. The number of hydrogen-bond acceptors (Lipinski definition) is 3. The van der Waals surface area contributed by atoms with E-state index in [-0.39, 0.29) is 22.9 Å². The Morgan fingerprint density at radius 2 is 2.18 bits per heavy atom. The largest absolute Gasteiger partial charge is 0.469 e. The molecule has 0 saturated carbocycles. The molecule has 1 heterocycles. The fourth-order valence-corrected chi connectivity index (χ4v) is 1.69. The van der Waals surface area contributed by atoms with E-state index in [1.165, 1.54) is 6.07 Å². The number of carbonyl (C=O) groups excluding carboxylic acids is 1. The van der Waals surface area contributed by atoms with Crippen molar-refractivity contribution in [1.82, 2.24) is 4.98 Å². The molecule has 0 aliphatic heterocycles. The SMILES string of the molecule is COC(=O)Cc1cc(CBr)c(C(F)F)nc1F. The molecule has 1 aromatic rings. The molecule has 7 heteroatoms. The van der Waals surface area contributed by atoms with Crippen LogP contribution in [0.5, 0.6) is 0 Å². The van der Waals surface area contributed by atoms with E-state index >= 15 is 0 Å². The zero-order chi connectivity index (χ0) is 13.0. The third-order valence-electron chi connectivity index (χ3n) is 2.07. The molecule has 0 N–H and O–H groups in total. The van der Waals surface area contributed by atoms with Crippen LogP contribution in [0.1, 0.15) is 23.2 Å². The standard InChI is InChI=1S/C10H9BrF3NO2/c1-17-7(16)3-5-2-6(4-11)8(9(12)13)15-10(5)14/h2,9H,3-4H2,1H3. The first-order valence-electron chi connectivity index (χ1n) is 4.58. The molecule has 0 spiro atoms. The summed E-state index contributed by atoms with van der Waals surface area (Å²) in [4.78, 5) is 14.2. The molecule has 0 radical (unpaired) electrons. The number of carbonyl (C=O) groups is 1. The molecular formula is C10H9BrF3NO2. The van der Waals surface area contributed by atoms with Gasteiger partial charge < -0.3 is 4.74 Å². The second-order valence-corrected chi connectivity index (χ2v) is 3.73. The number of ether oxygens (including phenoxy) is 1. The minimum absolute atomic E-state index is 0.0595. The zero-order valence-corrected chi connectivity index (χ0v) is 10.4. The summed E-state index contributed by atoms with van der Waals surface area (Å²) in [5.41, 5.74) is -0.524. The Morgan fingerprint density at radius 3 is 2.65 bits per heavy atom. The quantitative estimate of drug-likeness (QED) is 0.487. The lowest BCUT2D eigenvalue weighted by molar-refractivity contribution is -0.139. The van der Waals surface area contributed by atoms with Gasteiger partial charge in [-0.05, 0) is 11.6 Å². The van der Waals surface area contributed by atoms with E-state index in [4.69, 9.17) is 0 Å². The maximum Gasteiger partial charge on any atom is 0.310 e. The molecule has 0 atom stereocenters. The lowest BCUT2D eigenvalue weighted by Gasteiger charge is -2.09. The Bertz CT molecular complexity index is 426. The van der Waals surface area contributed by atoms with Gasteiger partial charge in [0.1, 0.15) is 5.69 Å². The van der Waals surface area contributed by atoms with E-state index in [0.29, 0.717) is 0 Å². The van der Waals surface area contributed by atoms with Crippen molar-refractivity contribution in [2.24, 2.45) is 0 Å². The van der Waals surface area contributed by atoms with Gasteiger partial charge in [-0.3, -0.25) is 4.79 Å². The number of methoxy groups -OCH3 is 1. The predicted octanol–water partition coefficient (Wildman–Crippen LogP) is 2.77. The second kappa shape index (κ2) is 6.00. The molecule has 3 nitrogen and oxygen atoms in total. The van der Waals surface area contributed by atoms with Crippen LogP contribution in [-0.2, 0) is 21.3 Å². The fourth-order valence-electron chi connectivity index (χ4n) is 1.24. The van der Waals surface area contributed by atoms with Gasteiger partial charge >= 0.3 is 5.97 Å². The summed E-state index contributed by atoms with van der Waals surface area (Å²) >= 11 is 3.01. The van der Waals surface area contributed by atoms with E-state index in [0.717, 1.165) is 7.11 Å². The summed E-state index contributed by atoms with van der Waals surface area (Å²) in [6, 6.07) is 1.19. The summed E-state index contributed by atoms with van der Waals surface area (Å²) in [7, 11) is 1.16. The molecule has 17 heavy (non-hydrogen) atoms. The Morgan fingerprint density at radius 1 is 1.53 bits per heavy atom.